The SMILES string of the molecule is O=C(CN1CCN(S(=O)(=O)c2ccc3ccccc3c2)CC1)N1CCCC1. The number of amides is 1. The lowest BCUT2D eigenvalue weighted by atomic mass is 10.1. The van der Waals surface area contributed by atoms with Crippen molar-refractivity contribution in [2.45, 2.75) is 17.7 Å². The van der Waals surface area contributed by atoms with Gasteiger partial charge in [-0.3, -0.25) is 9.69 Å². The van der Waals surface area contributed by atoms with Crippen LogP contribution in [-0.2, 0) is 14.8 Å². The van der Waals surface area contributed by atoms with Crippen LogP contribution in [0.25, 0.3) is 10.8 Å². The van der Waals surface area contributed by atoms with Crippen molar-refractivity contribution >= 4 is 26.7 Å². The summed E-state index contributed by atoms with van der Waals surface area (Å²) in [6.07, 6.45) is 2.17. The number of rotatable bonds is 4. The Balaban J connectivity index is 1.41. The fraction of sp³-hybridized carbons (Fsp3) is 0.450. The van der Waals surface area contributed by atoms with Crippen LogP contribution in [-0.4, -0.2) is 74.2 Å². The number of nitrogens with zero attached hydrogens (tertiary/aromatic N) is 3. The van der Waals surface area contributed by atoms with E-state index in [1.807, 2.05) is 35.2 Å². The lowest BCUT2D eigenvalue weighted by Gasteiger charge is -2.34. The third-order valence-corrected chi connectivity index (χ3v) is 7.40. The number of carbonyl (C=O) groups excluding carboxylic acids is 1. The number of carbonyl (C=O) groups is 1. The molecule has 0 radical (unpaired) electrons. The van der Waals surface area contributed by atoms with Gasteiger partial charge in [-0.05, 0) is 35.7 Å². The minimum atomic E-state index is -3.51. The normalized spacial score (nSPS) is 19.6. The van der Waals surface area contributed by atoms with Gasteiger partial charge in [0.05, 0.1) is 11.4 Å². The topological polar surface area (TPSA) is 60.9 Å². The number of sulfonamides is 1. The summed E-state index contributed by atoms with van der Waals surface area (Å²) in [5.74, 6) is 0.165. The quantitative estimate of drug-likeness (QED) is 0.802. The summed E-state index contributed by atoms with van der Waals surface area (Å²) in [6.45, 7) is 4.12. The van der Waals surface area contributed by atoms with Gasteiger partial charge in [-0.1, -0.05) is 30.3 Å². The first-order chi connectivity index (χ1) is 13.0. The predicted molar refractivity (Wildman–Crippen MR) is 105 cm³/mol. The van der Waals surface area contributed by atoms with Crippen molar-refractivity contribution in [3.8, 4) is 0 Å². The zero-order chi connectivity index (χ0) is 18.9. The van der Waals surface area contributed by atoms with Gasteiger partial charge in [-0.15, -0.1) is 0 Å². The Kier molecular flexibility index (Phi) is 5.16. The molecule has 0 spiro atoms. The van der Waals surface area contributed by atoms with Crippen molar-refractivity contribution in [1.29, 1.82) is 0 Å². The van der Waals surface area contributed by atoms with Gasteiger partial charge < -0.3 is 4.90 Å². The number of hydrogen-bond donors (Lipinski definition) is 0. The number of fused-ring (bicyclic) bond motifs is 1. The molecule has 2 aromatic rings. The van der Waals surface area contributed by atoms with E-state index in [-0.39, 0.29) is 5.91 Å². The van der Waals surface area contributed by atoms with E-state index in [2.05, 4.69) is 4.90 Å². The fourth-order valence-electron chi connectivity index (χ4n) is 3.86. The maximum absolute atomic E-state index is 13.0. The highest BCUT2D eigenvalue weighted by atomic mass is 32.2. The molecule has 0 aliphatic carbocycles. The Hall–Kier alpha value is -1.96. The highest BCUT2D eigenvalue weighted by molar-refractivity contribution is 7.89. The summed E-state index contributed by atoms with van der Waals surface area (Å²) in [4.78, 5) is 16.6. The lowest BCUT2D eigenvalue weighted by Crippen LogP contribution is -2.51. The van der Waals surface area contributed by atoms with Crippen molar-refractivity contribution in [2.24, 2.45) is 0 Å². The van der Waals surface area contributed by atoms with Gasteiger partial charge in [0, 0.05) is 39.3 Å². The molecular formula is C20H25N3O3S. The Morgan fingerprint density at radius 1 is 0.852 bits per heavy atom. The molecule has 27 heavy (non-hydrogen) atoms. The van der Waals surface area contributed by atoms with Gasteiger partial charge in [0.1, 0.15) is 0 Å². The van der Waals surface area contributed by atoms with Crippen LogP contribution in [0.4, 0.5) is 0 Å². The zero-order valence-corrected chi connectivity index (χ0v) is 16.2. The fourth-order valence-corrected chi connectivity index (χ4v) is 5.32. The Labute approximate surface area is 160 Å². The van der Waals surface area contributed by atoms with Gasteiger partial charge in [0.2, 0.25) is 15.9 Å². The molecule has 2 heterocycles. The molecule has 2 aromatic carbocycles. The van der Waals surface area contributed by atoms with Crippen LogP contribution in [0.2, 0.25) is 0 Å². The van der Waals surface area contributed by atoms with Crippen molar-refractivity contribution in [3.63, 3.8) is 0 Å². The Morgan fingerprint density at radius 2 is 1.52 bits per heavy atom. The van der Waals surface area contributed by atoms with Gasteiger partial charge in [0.15, 0.2) is 0 Å². The molecular weight excluding hydrogens is 362 g/mol. The molecule has 1 amide bonds. The Morgan fingerprint density at radius 3 is 2.22 bits per heavy atom. The molecule has 4 rings (SSSR count). The van der Waals surface area contributed by atoms with E-state index in [4.69, 9.17) is 0 Å². The van der Waals surface area contributed by atoms with Crippen LogP contribution in [0.5, 0.6) is 0 Å². The van der Waals surface area contributed by atoms with Crippen LogP contribution < -0.4 is 0 Å². The van der Waals surface area contributed by atoms with E-state index in [0.717, 1.165) is 36.7 Å². The molecule has 2 aliphatic heterocycles. The van der Waals surface area contributed by atoms with E-state index >= 15 is 0 Å². The van der Waals surface area contributed by atoms with E-state index in [1.165, 1.54) is 4.31 Å². The minimum absolute atomic E-state index is 0.165. The average molecular weight is 388 g/mol. The number of likely N-dealkylation sites (tertiary alicyclic amines) is 1. The molecule has 2 saturated heterocycles. The number of benzene rings is 2. The molecule has 6 nitrogen and oxygen atoms in total. The maximum atomic E-state index is 13.0. The van der Waals surface area contributed by atoms with Gasteiger partial charge >= 0.3 is 0 Å². The summed E-state index contributed by atoms with van der Waals surface area (Å²) < 4.78 is 27.5. The van der Waals surface area contributed by atoms with Gasteiger partial charge in [0.25, 0.3) is 0 Å². The molecule has 2 aliphatic rings. The zero-order valence-electron chi connectivity index (χ0n) is 15.4. The van der Waals surface area contributed by atoms with Crippen molar-refractivity contribution in [3.05, 3.63) is 42.5 Å². The number of piperazine rings is 1. The van der Waals surface area contributed by atoms with Crippen LogP contribution in [0.3, 0.4) is 0 Å². The van der Waals surface area contributed by atoms with Crippen molar-refractivity contribution in [2.75, 3.05) is 45.8 Å². The molecule has 2 fully saturated rings. The summed E-state index contributed by atoms with van der Waals surface area (Å²) in [7, 11) is -3.51. The second-order valence-corrected chi connectivity index (χ2v) is 9.22. The molecule has 0 atom stereocenters. The first kappa shape index (κ1) is 18.4. The molecule has 0 N–H and O–H groups in total. The highest BCUT2D eigenvalue weighted by Crippen LogP contribution is 2.23. The van der Waals surface area contributed by atoms with E-state index < -0.39 is 10.0 Å². The van der Waals surface area contributed by atoms with Crippen LogP contribution in [0, 0.1) is 0 Å². The molecule has 0 saturated carbocycles. The minimum Gasteiger partial charge on any atom is -0.342 e. The molecule has 0 unspecified atom stereocenters. The summed E-state index contributed by atoms with van der Waals surface area (Å²) >= 11 is 0. The van der Waals surface area contributed by atoms with E-state index in [9.17, 15) is 13.2 Å². The van der Waals surface area contributed by atoms with E-state index in [1.54, 1.807) is 12.1 Å². The lowest BCUT2D eigenvalue weighted by molar-refractivity contribution is -0.131. The smallest absolute Gasteiger partial charge is 0.243 e. The maximum Gasteiger partial charge on any atom is 0.243 e. The van der Waals surface area contributed by atoms with E-state index in [0.29, 0.717) is 37.6 Å². The van der Waals surface area contributed by atoms with Crippen molar-refractivity contribution < 1.29 is 13.2 Å². The molecule has 0 aromatic heterocycles. The standard InChI is InChI=1S/C20H25N3O3S/c24-20(22-9-3-4-10-22)16-21-11-13-23(14-12-21)27(25,26)19-8-7-17-5-1-2-6-18(17)15-19/h1-2,5-8,15H,3-4,9-14,16H2. The third-order valence-electron chi connectivity index (χ3n) is 5.51. The Bertz CT molecular complexity index is 930. The largest absolute Gasteiger partial charge is 0.342 e. The van der Waals surface area contributed by atoms with Crippen LogP contribution in [0.1, 0.15) is 12.8 Å². The van der Waals surface area contributed by atoms with Crippen molar-refractivity contribution in [1.82, 2.24) is 14.1 Å². The second kappa shape index (κ2) is 7.58. The molecule has 0 bridgehead atoms. The van der Waals surface area contributed by atoms with Gasteiger partial charge in [-0.2, -0.15) is 4.31 Å². The van der Waals surface area contributed by atoms with Gasteiger partial charge in [-0.25, -0.2) is 8.42 Å². The summed E-state index contributed by atoms with van der Waals surface area (Å²) in [6, 6.07) is 13.0. The highest BCUT2D eigenvalue weighted by Gasteiger charge is 2.30. The first-order valence-electron chi connectivity index (χ1n) is 9.53. The van der Waals surface area contributed by atoms with Crippen LogP contribution in [0.15, 0.2) is 47.4 Å². The number of hydrogen-bond acceptors (Lipinski definition) is 4. The molecule has 7 heteroatoms. The monoisotopic (exact) mass is 387 g/mol. The first-order valence-corrected chi connectivity index (χ1v) is 11.0. The summed E-state index contributed by atoms with van der Waals surface area (Å²) in [5.41, 5.74) is 0. The third kappa shape index (κ3) is 3.85. The predicted octanol–water partition coefficient (Wildman–Crippen LogP) is 1.77. The summed E-state index contributed by atoms with van der Waals surface area (Å²) in [5, 5.41) is 1.95. The molecule has 144 valence electrons. The van der Waals surface area contributed by atoms with Crippen LogP contribution >= 0.6 is 0 Å². The average Bonchev–Trinajstić information content (AvgIpc) is 3.23. The second-order valence-electron chi connectivity index (χ2n) is 7.28.